The predicted molar refractivity (Wildman–Crippen MR) is 77.1 cm³/mol. The molecule has 2 N–H and O–H groups in total. The van der Waals surface area contributed by atoms with E-state index in [-0.39, 0.29) is 18.2 Å². The normalized spacial score (nSPS) is 18.2. The lowest BCUT2D eigenvalue weighted by Crippen LogP contribution is -2.45. The van der Waals surface area contributed by atoms with Crippen molar-refractivity contribution >= 4 is 0 Å². The molecule has 124 valence electrons. The summed E-state index contributed by atoms with van der Waals surface area (Å²) in [6.45, 7) is 2.88. The quantitative estimate of drug-likeness (QED) is 0.876. The van der Waals surface area contributed by atoms with Crippen LogP contribution in [-0.4, -0.2) is 49.5 Å². The van der Waals surface area contributed by atoms with Gasteiger partial charge in [0.05, 0.1) is 7.11 Å². The zero-order valence-corrected chi connectivity index (χ0v) is 12.5. The molecule has 0 amide bonds. The van der Waals surface area contributed by atoms with E-state index in [9.17, 15) is 18.3 Å². The summed E-state index contributed by atoms with van der Waals surface area (Å²) in [4.78, 5) is 2.04. The average Bonchev–Trinajstić information content (AvgIpc) is 2.48. The van der Waals surface area contributed by atoms with Crippen molar-refractivity contribution in [3.05, 3.63) is 23.8 Å². The number of aromatic hydroxyl groups is 1. The molecule has 0 spiro atoms. The molecule has 2 rings (SSSR count). The second-order valence-corrected chi connectivity index (χ2v) is 5.38. The molecule has 1 saturated heterocycles. The summed E-state index contributed by atoms with van der Waals surface area (Å²) in [6.07, 6.45) is -5.05. The Bertz CT molecular complexity index is 488. The Labute approximate surface area is 127 Å². The molecule has 0 bridgehead atoms. The van der Waals surface area contributed by atoms with Crippen LogP contribution in [0, 0.1) is 0 Å². The van der Waals surface area contributed by atoms with Crippen molar-refractivity contribution in [1.82, 2.24) is 10.2 Å². The van der Waals surface area contributed by atoms with Crippen LogP contribution in [0.3, 0.4) is 0 Å². The van der Waals surface area contributed by atoms with Crippen molar-refractivity contribution in [3.63, 3.8) is 0 Å². The SMILES string of the molecule is COc1cc(O)ccc1[C@@H](CCC(F)(F)F)N1CCNCC1. The van der Waals surface area contributed by atoms with Crippen LogP contribution < -0.4 is 10.1 Å². The van der Waals surface area contributed by atoms with E-state index >= 15 is 0 Å². The average molecular weight is 318 g/mol. The van der Waals surface area contributed by atoms with Crippen LogP contribution in [0.1, 0.15) is 24.4 Å². The highest BCUT2D eigenvalue weighted by molar-refractivity contribution is 5.42. The molecule has 1 heterocycles. The number of ether oxygens (including phenoxy) is 1. The second kappa shape index (κ2) is 7.19. The first kappa shape index (κ1) is 16.9. The van der Waals surface area contributed by atoms with E-state index in [1.807, 2.05) is 4.90 Å². The lowest BCUT2D eigenvalue weighted by Gasteiger charge is -2.36. The minimum Gasteiger partial charge on any atom is -0.508 e. The largest absolute Gasteiger partial charge is 0.508 e. The van der Waals surface area contributed by atoms with E-state index in [0.717, 1.165) is 13.1 Å². The second-order valence-electron chi connectivity index (χ2n) is 5.38. The standard InChI is InChI=1S/C15H21F3N2O2/c1-22-14-10-11(21)2-3-12(14)13(4-5-15(16,17)18)20-8-6-19-7-9-20/h2-3,10,13,19,21H,4-9H2,1H3/t13-/m1/s1. The highest BCUT2D eigenvalue weighted by atomic mass is 19.4. The molecule has 7 heteroatoms. The van der Waals surface area contributed by atoms with Gasteiger partial charge in [-0.15, -0.1) is 0 Å². The zero-order chi connectivity index (χ0) is 16.2. The number of methoxy groups -OCH3 is 1. The number of halogens is 3. The molecule has 1 aromatic rings. The Kier molecular flexibility index (Phi) is 5.52. The van der Waals surface area contributed by atoms with E-state index in [2.05, 4.69) is 5.32 Å². The Hall–Kier alpha value is -1.47. The highest BCUT2D eigenvalue weighted by Crippen LogP contribution is 2.37. The Balaban J connectivity index is 2.26. The molecule has 0 saturated carbocycles. The van der Waals surface area contributed by atoms with Gasteiger partial charge in [0, 0.05) is 50.3 Å². The summed E-state index contributed by atoms with van der Waals surface area (Å²) < 4.78 is 43.2. The third-order valence-electron chi connectivity index (χ3n) is 3.87. The number of piperazine rings is 1. The van der Waals surface area contributed by atoms with Gasteiger partial charge in [-0.05, 0) is 12.5 Å². The van der Waals surface area contributed by atoms with Crippen LogP contribution in [0.25, 0.3) is 0 Å². The third kappa shape index (κ3) is 4.51. The van der Waals surface area contributed by atoms with E-state index in [4.69, 9.17) is 4.74 Å². The summed E-state index contributed by atoms with van der Waals surface area (Å²) in [5.74, 6) is 0.459. The van der Waals surface area contributed by atoms with E-state index in [1.165, 1.54) is 19.2 Å². The van der Waals surface area contributed by atoms with Gasteiger partial charge in [0.2, 0.25) is 0 Å². The van der Waals surface area contributed by atoms with Crippen LogP contribution >= 0.6 is 0 Å². The topological polar surface area (TPSA) is 44.7 Å². The lowest BCUT2D eigenvalue weighted by molar-refractivity contribution is -0.138. The van der Waals surface area contributed by atoms with E-state index in [1.54, 1.807) is 6.07 Å². The first-order chi connectivity index (χ1) is 10.4. The molecule has 0 unspecified atom stereocenters. The summed E-state index contributed by atoms with van der Waals surface area (Å²) in [7, 11) is 1.46. The molecule has 0 aromatic heterocycles. The van der Waals surface area contributed by atoms with Gasteiger partial charge in [-0.3, -0.25) is 4.90 Å². The Morgan fingerprint density at radius 1 is 1.32 bits per heavy atom. The molecule has 22 heavy (non-hydrogen) atoms. The number of alkyl halides is 3. The first-order valence-electron chi connectivity index (χ1n) is 7.29. The summed E-state index contributed by atoms with van der Waals surface area (Å²) >= 11 is 0. The molecule has 1 fully saturated rings. The zero-order valence-electron chi connectivity index (χ0n) is 12.5. The van der Waals surface area contributed by atoms with Crippen LogP contribution in [0.2, 0.25) is 0 Å². The third-order valence-corrected chi connectivity index (χ3v) is 3.87. The van der Waals surface area contributed by atoms with Crippen LogP contribution in [0.5, 0.6) is 11.5 Å². The molecule has 4 nitrogen and oxygen atoms in total. The smallest absolute Gasteiger partial charge is 0.389 e. The van der Waals surface area contributed by atoms with Gasteiger partial charge in [0.1, 0.15) is 11.5 Å². The minimum absolute atomic E-state index is 0.0232. The van der Waals surface area contributed by atoms with Crippen molar-refractivity contribution in [1.29, 1.82) is 0 Å². The van der Waals surface area contributed by atoms with Crippen LogP contribution in [0.15, 0.2) is 18.2 Å². The number of nitrogens with one attached hydrogen (secondary N) is 1. The van der Waals surface area contributed by atoms with Crippen LogP contribution in [-0.2, 0) is 0 Å². The van der Waals surface area contributed by atoms with Gasteiger partial charge >= 0.3 is 6.18 Å². The van der Waals surface area contributed by atoms with Crippen molar-refractivity contribution in [3.8, 4) is 11.5 Å². The molecule has 1 aliphatic heterocycles. The molecular formula is C15H21F3N2O2. The van der Waals surface area contributed by atoms with Crippen molar-refractivity contribution in [2.75, 3.05) is 33.3 Å². The van der Waals surface area contributed by atoms with Gasteiger partial charge in [-0.2, -0.15) is 13.2 Å². The number of hydrogen-bond acceptors (Lipinski definition) is 4. The van der Waals surface area contributed by atoms with Crippen molar-refractivity contribution in [2.45, 2.75) is 25.1 Å². The van der Waals surface area contributed by atoms with E-state index < -0.39 is 12.6 Å². The summed E-state index contributed by atoms with van der Waals surface area (Å²) in [5, 5.41) is 12.7. The number of hydrogen-bond donors (Lipinski definition) is 2. The van der Waals surface area contributed by atoms with Gasteiger partial charge in [-0.25, -0.2) is 0 Å². The van der Waals surface area contributed by atoms with Gasteiger partial charge < -0.3 is 15.2 Å². The maximum Gasteiger partial charge on any atom is 0.389 e. The van der Waals surface area contributed by atoms with Gasteiger partial charge in [0.15, 0.2) is 0 Å². The minimum atomic E-state index is -4.18. The number of phenolic OH excluding ortho intramolecular Hbond substituents is 1. The predicted octanol–water partition coefficient (Wildman–Crippen LogP) is 2.69. The molecular weight excluding hydrogens is 297 g/mol. The molecule has 0 radical (unpaired) electrons. The highest BCUT2D eigenvalue weighted by Gasteiger charge is 2.32. The Morgan fingerprint density at radius 3 is 2.59 bits per heavy atom. The van der Waals surface area contributed by atoms with Crippen molar-refractivity contribution in [2.24, 2.45) is 0 Å². The number of nitrogens with zero attached hydrogens (tertiary/aromatic N) is 1. The van der Waals surface area contributed by atoms with Gasteiger partial charge in [-0.1, -0.05) is 6.07 Å². The first-order valence-corrected chi connectivity index (χ1v) is 7.29. The summed E-state index contributed by atoms with van der Waals surface area (Å²) in [5.41, 5.74) is 0.687. The molecule has 1 aliphatic rings. The lowest BCUT2D eigenvalue weighted by atomic mass is 9.98. The monoisotopic (exact) mass is 318 g/mol. The fourth-order valence-corrected chi connectivity index (χ4v) is 2.80. The van der Waals surface area contributed by atoms with Gasteiger partial charge in [0.25, 0.3) is 0 Å². The number of benzene rings is 1. The fraction of sp³-hybridized carbons (Fsp3) is 0.600. The number of rotatable bonds is 5. The van der Waals surface area contributed by atoms with Crippen LogP contribution in [0.4, 0.5) is 13.2 Å². The maximum absolute atomic E-state index is 12.6. The van der Waals surface area contributed by atoms with E-state index in [0.29, 0.717) is 24.4 Å². The summed E-state index contributed by atoms with van der Waals surface area (Å²) in [6, 6.07) is 4.20. The number of phenols is 1. The molecule has 1 aromatic carbocycles. The maximum atomic E-state index is 12.6. The molecule has 0 aliphatic carbocycles. The van der Waals surface area contributed by atoms with Crippen molar-refractivity contribution < 1.29 is 23.0 Å². The Morgan fingerprint density at radius 2 is 2.00 bits per heavy atom. The fourth-order valence-electron chi connectivity index (χ4n) is 2.80. The molecule has 1 atom stereocenters.